The molecule has 3 heterocycles. The lowest BCUT2D eigenvalue weighted by Gasteiger charge is -2.32. The summed E-state index contributed by atoms with van der Waals surface area (Å²) in [4.78, 5) is 6.92. The molecule has 0 amide bonds. The molecule has 1 aliphatic heterocycles. The second kappa shape index (κ2) is 8.51. The van der Waals surface area contributed by atoms with Crippen LogP contribution < -0.4 is 5.32 Å². The number of likely N-dealkylation sites (tertiary alicyclic amines) is 1. The molecule has 0 saturated carbocycles. The van der Waals surface area contributed by atoms with Gasteiger partial charge in [-0.3, -0.25) is 9.88 Å². The van der Waals surface area contributed by atoms with Gasteiger partial charge in [0.15, 0.2) is 0 Å². The Morgan fingerprint density at radius 3 is 2.59 bits per heavy atom. The number of pyridine rings is 1. The molecule has 0 unspecified atom stereocenters. The van der Waals surface area contributed by atoms with Gasteiger partial charge >= 0.3 is 0 Å². The van der Waals surface area contributed by atoms with E-state index in [4.69, 9.17) is 4.42 Å². The van der Waals surface area contributed by atoms with Crippen LogP contribution in [0, 0.1) is 6.92 Å². The van der Waals surface area contributed by atoms with Crippen LogP contribution in [0.15, 0.2) is 65.2 Å². The van der Waals surface area contributed by atoms with E-state index in [0.29, 0.717) is 6.04 Å². The highest BCUT2D eigenvalue weighted by molar-refractivity contribution is 5.57. The van der Waals surface area contributed by atoms with Crippen LogP contribution in [0.5, 0.6) is 0 Å². The van der Waals surface area contributed by atoms with E-state index in [1.54, 1.807) is 0 Å². The van der Waals surface area contributed by atoms with Crippen LogP contribution in [-0.4, -0.2) is 29.0 Å². The molecule has 1 saturated heterocycles. The number of rotatable bonds is 6. The maximum absolute atomic E-state index is 6.02. The van der Waals surface area contributed by atoms with E-state index in [1.165, 1.54) is 18.4 Å². The number of hydrogen-bond donors (Lipinski definition) is 1. The van der Waals surface area contributed by atoms with Crippen molar-refractivity contribution in [1.29, 1.82) is 0 Å². The Balaban J connectivity index is 1.24. The number of nitrogens with zero attached hydrogens (tertiary/aromatic N) is 2. The summed E-state index contributed by atoms with van der Waals surface area (Å²) in [5, 5.41) is 3.66. The molecule has 4 rings (SSSR count). The zero-order valence-corrected chi connectivity index (χ0v) is 15.9. The van der Waals surface area contributed by atoms with Gasteiger partial charge in [0.1, 0.15) is 11.5 Å². The fourth-order valence-corrected chi connectivity index (χ4v) is 3.61. The van der Waals surface area contributed by atoms with Gasteiger partial charge in [-0.05, 0) is 44.0 Å². The molecular formula is C23H27N3O. The maximum Gasteiger partial charge on any atom is 0.134 e. The average molecular weight is 361 g/mol. The van der Waals surface area contributed by atoms with Gasteiger partial charge in [-0.2, -0.15) is 0 Å². The van der Waals surface area contributed by atoms with Gasteiger partial charge in [0, 0.05) is 37.4 Å². The van der Waals surface area contributed by atoms with Crippen molar-refractivity contribution in [1.82, 2.24) is 15.2 Å². The van der Waals surface area contributed by atoms with E-state index in [1.807, 2.05) is 12.3 Å². The molecule has 1 aromatic carbocycles. The summed E-state index contributed by atoms with van der Waals surface area (Å²) in [5.74, 6) is 1.94. The van der Waals surface area contributed by atoms with E-state index in [2.05, 4.69) is 70.7 Å². The molecule has 0 radical (unpaired) electrons. The lowest BCUT2D eigenvalue weighted by Crippen LogP contribution is -2.41. The summed E-state index contributed by atoms with van der Waals surface area (Å²) >= 11 is 0. The van der Waals surface area contributed by atoms with Gasteiger partial charge in [-0.1, -0.05) is 35.9 Å². The van der Waals surface area contributed by atoms with Gasteiger partial charge in [0.25, 0.3) is 0 Å². The lowest BCUT2D eigenvalue weighted by atomic mass is 10.0. The first-order chi connectivity index (χ1) is 13.3. The fraction of sp³-hybridized carbons (Fsp3) is 0.348. The van der Waals surface area contributed by atoms with Crippen LogP contribution in [0.1, 0.15) is 29.9 Å². The second-order valence-electron chi connectivity index (χ2n) is 7.38. The molecule has 1 aliphatic rings. The third-order valence-corrected chi connectivity index (χ3v) is 5.26. The molecule has 0 spiro atoms. The lowest BCUT2D eigenvalue weighted by molar-refractivity contribution is 0.187. The van der Waals surface area contributed by atoms with Crippen molar-refractivity contribution < 1.29 is 4.42 Å². The Morgan fingerprint density at radius 2 is 1.85 bits per heavy atom. The van der Waals surface area contributed by atoms with Crippen molar-refractivity contribution in [2.75, 3.05) is 13.1 Å². The first-order valence-corrected chi connectivity index (χ1v) is 9.78. The van der Waals surface area contributed by atoms with Crippen LogP contribution in [0.2, 0.25) is 0 Å². The number of nitrogens with one attached hydrogen (secondary N) is 1. The van der Waals surface area contributed by atoms with E-state index >= 15 is 0 Å². The van der Waals surface area contributed by atoms with Gasteiger partial charge < -0.3 is 9.73 Å². The Labute approximate surface area is 161 Å². The predicted molar refractivity (Wildman–Crippen MR) is 108 cm³/mol. The van der Waals surface area contributed by atoms with Gasteiger partial charge in [0.05, 0.1) is 12.2 Å². The summed E-state index contributed by atoms with van der Waals surface area (Å²) < 4.78 is 6.02. The second-order valence-corrected chi connectivity index (χ2v) is 7.38. The Kier molecular flexibility index (Phi) is 5.66. The minimum atomic E-state index is 0.554. The highest BCUT2D eigenvalue weighted by Crippen LogP contribution is 2.23. The van der Waals surface area contributed by atoms with Gasteiger partial charge in [-0.15, -0.1) is 0 Å². The number of benzene rings is 1. The first-order valence-electron chi connectivity index (χ1n) is 9.78. The third-order valence-electron chi connectivity index (χ3n) is 5.26. The Morgan fingerprint density at radius 1 is 1.04 bits per heavy atom. The van der Waals surface area contributed by atoms with Crippen LogP contribution in [0.25, 0.3) is 11.3 Å². The molecule has 3 aromatic rings. The van der Waals surface area contributed by atoms with E-state index in [9.17, 15) is 0 Å². The molecule has 27 heavy (non-hydrogen) atoms. The first kappa shape index (κ1) is 18.0. The van der Waals surface area contributed by atoms with Crippen molar-refractivity contribution >= 4 is 0 Å². The largest absolute Gasteiger partial charge is 0.460 e. The van der Waals surface area contributed by atoms with Crippen molar-refractivity contribution in [3.63, 3.8) is 0 Å². The van der Waals surface area contributed by atoms with Crippen molar-refractivity contribution in [3.05, 3.63) is 77.8 Å². The zero-order chi connectivity index (χ0) is 18.5. The quantitative estimate of drug-likeness (QED) is 0.706. The molecule has 1 N–H and O–H groups in total. The van der Waals surface area contributed by atoms with Crippen molar-refractivity contribution in [2.45, 2.75) is 38.9 Å². The SMILES string of the molecule is Cc1ccc(-c2ccc(CNC3CCN(Cc4ccccn4)CC3)o2)cc1. The monoisotopic (exact) mass is 361 g/mol. The number of piperidine rings is 1. The molecule has 1 fully saturated rings. The summed E-state index contributed by atoms with van der Waals surface area (Å²) in [6, 6.07) is 19.3. The molecule has 4 nitrogen and oxygen atoms in total. The summed E-state index contributed by atoms with van der Waals surface area (Å²) in [6.45, 7) is 6.06. The third kappa shape index (κ3) is 4.85. The van der Waals surface area contributed by atoms with Gasteiger partial charge in [0.2, 0.25) is 0 Å². The molecule has 0 bridgehead atoms. The molecule has 0 atom stereocenters. The van der Waals surface area contributed by atoms with E-state index in [0.717, 1.165) is 49.0 Å². The molecule has 140 valence electrons. The molecule has 4 heteroatoms. The Hall–Kier alpha value is -2.43. The van der Waals surface area contributed by atoms with Crippen LogP contribution in [0.4, 0.5) is 0 Å². The van der Waals surface area contributed by atoms with Gasteiger partial charge in [-0.25, -0.2) is 0 Å². The zero-order valence-electron chi connectivity index (χ0n) is 15.9. The number of aryl methyl sites for hydroxylation is 1. The summed E-state index contributed by atoms with van der Waals surface area (Å²) in [7, 11) is 0. The highest BCUT2D eigenvalue weighted by Gasteiger charge is 2.19. The summed E-state index contributed by atoms with van der Waals surface area (Å²) in [5.41, 5.74) is 3.55. The number of hydrogen-bond acceptors (Lipinski definition) is 4. The number of furan rings is 1. The predicted octanol–water partition coefficient (Wildman–Crippen LogP) is 4.40. The minimum absolute atomic E-state index is 0.554. The van der Waals surface area contributed by atoms with Crippen LogP contribution >= 0.6 is 0 Å². The maximum atomic E-state index is 6.02. The van der Waals surface area contributed by atoms with Crippen LogP contribution in [0.3, 0.4) is 0 Å². The minimum Gasteiger partial charge on any atom is -0.460 e. The topological polar surface area (TPSA) is 41.3 Å². The normalized spacial score (nSPS) is 15.9. The smallest absolute Gasteiger partial charge is 0.134 e. The van der Waals surface area contributed by atoms with E-state index < -0.39 is 0 Å². The van der Waals surface area contributed by atoms with Crippen LogP contribution in [-0.2, 0) is 13.1 Å². The number of aromatic nitrogens is 1. The average Bonchev–Trinajstić information content (AvgIpc) is 3.18. The highest BCUT2D eigenvalue weighted by atomic mass is 16.3. The Bertz CT molecular complexity index is 834. The van der Waals surface area contributed by atoms with Crippen molar-refractivity contribution in [3.8, 4) is 11.3 Å². The fourth-order valence-electron chi connectivity index (χ4n) is 3.61. The summed E-state index contributed by atoms with van der Waals surface area (Å²) in [6.07, 6.45) is 4.20. The molecule has 0 aliphatic carbocycles. The van der Waals surface area contributed by atoms with Crippen molar-refractivity contribution in [2.24, 2.45) is 0 Å². The van der Waals surface area contributed by atoms with E-state index in [-0.39, 0.29) is 0 Å². The standard InChI is InChI=1S/C23H27N3O/c1-18-5-7-19(8-6-18)23-10-9-22(27-23)16-25-20-11-14-26(15-12-20)17-21-4-2-3-13-24-21/h2-10,13,20,25H,11-12,14-17H2,1H3. The molecule has 2 aromatic heterocycles. The molecular weight excluding hydrogens is 334 g/mol.